The highest BCUT2D eigenvalue weighted by molar-refractivity contribution is 7.09. The number of methoxy groups -OCH3 is 2. The number of nitrogens with zero attached hydrogens (tertiary/aromatic N) is 1. The van der Waals surface area contributed by atoms with Crippen molar-refractivity contribution < 1.29 is 14.3 Å². The van der Waals surface area contributed by atoms with E-state index in [2.05, 4.69) is 22.4 Å². The van der Waals surface area contributed by atoms with Crippen LogP contribution in [0.3, 0.4) is 0 Å². The molecule has 1 fully saturated rings. The fourth-order valence-electron chi connectivity index (χ4n) is 4.39. The van der Waals surface area contributed by atoms with E-state index in [-0.39, 0.29) is 5.91 Å². The zero-order valence-corrected chi connectivity index (χ0v) is 19.8. The quantitative estimate of drug-likeness (QED) is 0.457. The molecule has 5 nitrogen and oxygen atoms in total. The number of thiazole rings is 1. The van der Waals surface area contributed by atoms with E-state index >= 15 is 0 Å². The van der Waals surface area contributed by atoms with Crippen LogP contribution in [0.15, 0.2) is 47.8 Å². The molecule has 2 atom stereocenters. The van der Waals surface area contributed by atoms with Gasteiger partial charge in [0.2, 0.25) is 0 Å². The molecule has 168 valence electrons. The third-order valence-corrected chi connectivity index (χ3v) is 7.17. The highest BCUT2D eigenvalue weighted by atomic mass is 35.5. The number of halogens is 1. The number of carbonyl (C=O) groups is 1. The lowest BCUT2D eigenvalue weighted by Crippen LogP contribution is -2.30. The Morgan fingerprint density at radius 2 is 1.91 bits per heavy atom. The third kappa shape index (κ3) is 5.25. The van der Waals surface area contributed by atoms with Crippen molar-refractivity contribution in [1.82, 2.24) is 10.3 Å². The van der Waals surface area contributed by atoms with Crippen molar-refractivity contribution in [2.24, 2.45) is 5.92 Å². The van der Waals surface area contributed by atoms with Crippen molar-refractivity contribution in [3.8, 4) is 11.5 Å². The zero-order valence-electron chi connectivity index (χ0n) is 18.3. The molecule has 0 saturated heterocycles. The summed E-state index contributed by atoms with van der Waals surface area (Å²) in [6.07, 6.45) is 4.05. The van der Waals surface area contributed by atoms with Gasteiger partial charge in [0.15, 0.2) is 11.5 Å². The van der Waals surface area contributed by atoms with Gasteiger partial charge in [-0.05, 0) is 60.1 Å². The van der Waals surface area contributed by atoms with Gasteiger partial charge in [-0.15, -0.1) is 11.3 Å². The minimum Gasteiger partial charge on any atom is -0.493 e. The van der Waals surface area contributed by atoms with Crippen LogP contribution in [0.25, 0.3) is 0 Å². The number of hydrogen-bond donors (Lipinski definition) is 1. The molecule has 1 amide bonds. The first kappa shape index (κ1) is 22.6. The van der Waals surface area contributed by atoms with E-state index in [1.54, 1.807) is 14.2 Å². The molecule has 0 aliphatic heterocycles. The maximum Gasteiger partial charge on any atom is 0.270 e. The predicted molar refractivity (Wildman–Crippen MR) is 128 cm³/mol. The first-order valence-electron chi connectivity index (χ1n) is 10.8. The van der Waals surface area contributed by atoms with Gasteiger partial charge in [0.05, 0.1) is 19.2 Å². The molecule has 32 heavy (non-hydrogen) atoms. The first-order chi connectivity index (χ1) is 15.6. The van der Waals surface area contributed by atoms with Gasteiger partial charge in [0, 0.05) is 23.4 Å². The summed E-state index contributed by atoms with van der Waals surface area (Å²) in [6, 6.07) is 13.8. The van der Waals surface area contributed by atoms with Gasteiger partial charge >= 0.3 is 0 Å². The summed E-state index contributed by atoms with van der Waals surface area (Å²) in [7, 11) is 3.30. The molecule has 0 spiro atoms. The summed E-state index contributed by atoms with van der Waals surface area (Å²) in [6.45, 7) is 0.641. The lowest BCUT2D eigenvalue weighted by Gasteiger charge is -2.21. The fourth-order valence-corrected chi connectivity index (χ4v) is 5.33. The minimum absolute atomic E-state index is 0.110. The lowest BCUT2D eigenvalue weighted by atomic mass is 9.88. The topological polar surface area (TPSA) is 60.5 Å². The van der Waals surface area contributed by atoms with Crippen LogP contribution in [-0.2, 0) is 6.42 Å². The molecule has 4 rings (SSSR count). The van der Waals surface area contributed by atoms with E-state index in [9.17, 15) is 4.79 Å². The normalized spacial score (nSPS) is 17.8. The van der Waals surface area contributed by atoms with E-state index < -0.39 is 0 Å². The van der Waals surface area contributed by atoms with Gasteiger partial charge in [-0.2, -0.15) is 0 Å². The number of hydrogen-bond acceptors (Lipinski definition) is 5. The van der Waals surface area contributed by atoms with E-state index in [4.69, 9.17) is 21.1 Å². The van der Waals surface area contributed by atoms with E-state index in [0.29, 0.717) is 35.5 Å². The molecule has 1 aromatic heterocycles. The van der Waals surface area contributed by atoms with Crippen molar-refractivity contribution in [3.05, 3.63) is 74.7 Å². The Balaban J connectivity index is 1.36. The molecule has 0 bridgehead atoms. The number of ether oxygens (including phenoxy) is 2. The van der Waals surface area contributed by atoms with Crippen LogP contribution in [-0.4, -0.2) is 31.7 Å². The van der Waals surface area contributed by atoms with Gasteiger partial charge in [0.1, 0.15) is 5.69 Å². The van der Waals surface area contributed by atoms with Crippen molar-refractivity contribution in [1.29, 1.82) is 0 Å². The Bertz CT molecular complexity index is 1070. The molecule has 7 heteroatoms. The average Bonchev–Trinajstić information content (AvgIpc) is 3.48. The summed E-state index contributed by atoms with van der Waals surface area (Å²) in [5.74, 6) is 2.16. The van der Waals surface area contributed by atoms with Crippen LogP contribution in [0.1, 0.15) is 51.8 Å². The molecule has 1 heterocycles. The highest BCUT2D eigenvalue weighted by Gasteiger charge is 2.29. The SMILES string of the molecule is COc1ccc(C2CCCC2CNC(=O)c2csc(Cc3ccc(Cl)cc3)n2)cc1OC. The summed E-state index contributed by atoms with van der Waals surface area (Å²) in [5.41, 5.74) is 2.84. The Morgan fingerprint density at radius 3 is 2.66 bits per heavy atom. The standard InChI is InChI=1S/C25H27ClN2O3S/c1-30-22-11-8-17(13-23(22)31-2)20-5-3-4-18(20)14-27-25(29)21-15-32-24(28-21)12-16-6-9-19(26)10-7-16/h6-11,13,15,18,20H,3-5,12,14H2,1-2H3,(H,27,29). The number of benzene rings is 2. The van der Waals surface area contributed by atoms with Gasteiger partial charge in [-0.1, -0.05) is 36.2 Å². The zero-order chi connectivity index (χ0) is 22.5. The number of nitrogens with one attached hydrogen (secondary N) is 1. The third-order valence-electron chi connectivity index (χ3n) is 6.07. The van der Waals surface area contributed by atoms with Crippen molar-refractivity contribution in [2.45, 2.75) is 31.6 Å². The molecule has 2 unspecified atom stereocenters. The minimum atomic E-state index is -0.110. The molecule has 0 radical (unpaired) electrons. The van der Waals surface area contributed by atoms with Crippen LogP contribution in [0.4, 0.5) is 0 Å². The molecule has 1 aliphatic rings. The Morgan fingerprint density at radius 1 is 1.12 bits per heavy atom. The Kier molecular flexibility index (Phi) is 7.33. The van der Waals surface area contributed by atoms with Crippen LogP contribution < -0.4 is 14.8 Å². The average molecular weight is 471 g/mol. The van der Waals surface area contributed by atoms with E-state index in [1.165, 1.54) is 16.9 Å². The molecule has 1 N–H and O–H groups in total. The first-order valence-corrected chi connectivity index (χ1v) is 12.0. The lowest BCUT2D eigenvalue weighted by molar-refractivity contribution is 0.0941. The number of aromatic nitrogens is 1. The van der Waals surface area contributed by atoms with E-state index in [1.807, 2.05) is 35.7 Å². The Hall–Kier alpha value is -2.57. The predicted octanol–water partition coefficient (Wildman–Crippen LogP) is 5.72. The fraction of sp³-hybridized carbons (Fsp3) is 0.360. The number of carbonyl (C=O) groups excluding carboxylic acids is 1. The number of amides is 1. The smallest absolute Gasteiger partial charge is 0.270 e. The Labute approximate surface area is 197 Å². The summed E-state index contributed by atoms with van der Waals surface area (Å²) < 4.78 is 10.8. The van der Waals surface area contributed by atoms with Crippen molar-refractivity contribution >= 4 is 28.8 Å². The van der Waals surface area contributed by atoms with Gasteiger partial charge in [-0.25, -0.2) is 4.98 Å². The summed E-state index contributed by atoms with van der Waals surface area (Å²) in [4.78, 5) is 17.3. The van der Waals surface area contributed by atoms with Crippen molar-refractivity contribution in [3.63, 3.8) is 0 Å². The molecular formula is C25H27ClN2O3S. The second kappa shape index (κ2) is 10.4. The molecular weight excluding hydrogens is 444 g/mol. The van der Waals surface area contributed by atoms with Crippen LogP contribution in [0.2, 0.25) is 5.02 Å². The summed E-state index contributed by atoms with van der Waals surface area (Å²) >= 11 is 7.46. The summed E-state index contributed by atoms with van der Waals surface area (Å²) in [5, 5.41) is 6.57. The number of rotatable bonds is 8. The van der Waals surface area contributed by atoms with Gasteiger partial charge < -0.3 is 14.8 Å². The second-order valence-electron chi connectivity index (χ2n) is 8.05. The monoisotopic (exact) mass is 470 g/mol. The molecule has 2 aromatic carbocycles. The molecule has 1 saturated carbocycles. The molecule has 1 aliphatic carbocycles. The van der Waals surface area contributed by atoms with E-state index in [0.717, 1.165) is 41.3 Å². The van der Waals surface area contributed by atoms with Gasteiger partial charge in [-0.3, -0.25) is 4.79 Å². The molecule has 3 aromatic rings. The van der Waals surface area contributed by atoms with Crippen LogP contribution >= 0.6 is 22.9 Å². The maximum atomic E-state index is 12.7. The van der Waals surface area contributed by atoms with Crippen LogP contribution in [0.5, 0.6) is 11.5 Å². The highest BCUT2D eigenvalue weighted by Crippen LogP contribution is 2.42. The van der Waals surface area contributed by atoms with Crippen molar-refractivity contribution in [2.75, 3.05) is 20.8 Å². The van der Waals surface area contributed by atoms with Gasteiger partial charge in [0.25, 0.3) is 5.91 Å². The van der Waals surface area contributed by atoms with Crippen LogP contribution in [0, 0.1) is 5.92 Å². The second-order valence-corrected chi connectivity index (χ2v) is 9.43. The maximum absolute atomic E-state index is 12.7. The largest absolute Gasteiger partial charge is 0.493 e.